The highest BCUT2D eigenvalue weighted by Crippen LogP contribution is 2.45. The highest BCUT2D eigenvalue weighted by atomic mass is 31.2. The number of ether oxygens (including phenoxy) is 4. The maximum absolute atomic E-state index is 13.1. The van der Waals surface area contributed by atoms with Crippen molar-refractivity contribution in [2.24, 2.45) is 17.8 Å². The Hall–Kier alpha value is -1.94. The number of esters is 4. The van der Waals surface area contributed by atoms with Crippen molar-refractivity contribution in [3.63, 3.8) is 0 Å². The highest BCUT2D eigenvalue weighted by Gasteiger charge is 2.30. The molecule has 17 nitrogen and oxygen atoms in total. The Labute approximate surface area is 594 Å². The van der Waals surface area contributed by atoms with Gasteiger partial charge in [-0.1, -0.05) is 350 Å². The van der Waals surface area contributed by atoms with Crippen molar-refractivity contribution in [2.75, 3.05) is 39.6 Å². The first kappa shape index (κ1) is 95.1. The first-order valence-corrected chi connectivity index (χ1v) is 43.4. The largest absolute Gasteiger partial charge is 0.472 e. The van der Waals surface area contributed by atoms with E-state index in [1.165, 1.54) is 205 Å². The third-order valence-electron chi connectivity index (χ3n) is 18.5. The molecule has 19 heteroatoms. The number of carbonyl (C=O) groups excluding carboxylic acids is 4. The van der Waals surface area contributed by atoms with Crippen molar-refractivity contribution < 1.29 is 80.2 Å². The number of hydrogen-bond acceptors (Lipinski definition) is 15. The fourth-order valence-corrected chi connectivity index (χ4v) is 13.5. The van der Waals surface area contributed by atoms with E-state index in [2.05, 4.69) is 48.5 Å². The maximum Gasteiger partial charge on any atom is 0.472 e. The van der Waals surface area contributed by atoms with Gasteiger partial charge >= 0.3 is 39.5 Å². The Bertz CT molecular complexity index is 1890. The molecular formula is C78H152O17P2. The van der Waals surface area contributed by atoms with Crippen LogP contribution in [0.1, 0.15) is 402 Å². The predicted molar refractivity (Wildman–Crippen MR) is 395 cm³/mol. The zero-order valence-electron chi connectivity index (χ0n) is 63.5. The Kier molecular flexibility index (Phi) is 67.1. The zero-order valence-corrected chi connectivity index (χ0v) is 65.3. The molecule has 0 amide bonds. The fourth-order valence-electron chi connectivity index (χ4n) is 11.9. The van der Waals surface area contributed by atoms with Gasteiger partial charge in [0, 0.05) is 25.7 Å². The van der Waals surface area contributed by atoms with Crippen LogP contribution in [-0.4, -0.2) is 96.7 Å². The second kappa shape index (κ2) is 68.5. The maximum atomic E-state index is 13.1. The average molecular weight is 1420 g/mol. The lowest BCUT2D eigenvalue weighted by Crippen LogP contribution is -2.30. The Balaban J connectivity index is 5.13. The number of aliphatic hydroxyl groups excluding tert-OH is 1. The van der Waals surface area contributed by atoms with E-state index in [4.69, 9.17) is 37.0 Å². The summed E-state index contributed by atoms with van der Waals surface area (Å²) < 4.78 is 68.4. The Morgan fingerprint density at radius 3 is 0.784 bits per heavy atom. The second-order valence-corrected chi connectivity index (χ2v) is 32.2. The molecule has 6 atom stereocenters. The SMILES string of the molecule is CCCCCCCC(=O)OC[C@H](COP(=O)(O)OC[C@H](O)COP(=O)(O)OC[C@@H](COC(=O)CCCCCCCCCCCCCCCCC(C)C)OC(=O)CCCCCCCCCCCCCCCCCCCCC(C)C)OC(=O)CCCCCCCCCCCCC(C)CC. The van der Waals surface area contributed by atoms with E-state index >= 15 is 0 Å². The third-order valence-corrected chi connectivity index (χ3v) is 20.4. The van der Waals surface area contributed by atoms with Crippen LogP contribution >= 0.6 is 15.6 Å². The molecule has 3 unspecified atom stereocenters. The number of unbranched alkanes of at least 4 members (excludes halogenated alkanes) is 43. The van der Waals surface area contributed by atoms with Crippen LogP contribution in [0.5, 0.6) is 0 Å². The van der Waals surface area contributed by atoms with Gasteiger partial charge in [0.15, 0.2) is 12.2 Å². The zero-order chi connectivity index (χ0) is 71.6. The topological polar surface area (TPSA) is 237 Å². The summed E-state index contributed by atoms with van der Waals surface area (Å²) in [5.74, 6) is 0.296. The summed E-state index contributed by atoms with van der Waals surface area (Å²) in [7, 11) is -9.91. The molecule has 0 saturated carbocycles. The molecule has 0 aromatic heterocycles. The average Bonchev–Trinajstić information content (AvgIpc) is 2.42. The molecule has 576 valence electrons. The second-order valence-electron chi connectivity index (χ2n) is 29.3. The van der Waals surface area contributed by atoms with Gasteiger partial charge in [-0.3, -0.25) is 37.3 Å². The summed E-state index contributed by atoms with van der Waals surface area (Å²) in [6, 6.07) is 0. The summed E-state index contributed by atoms with van der Waals surface area (Å²) in [6.07, 6.45) is 55.9. The van der Waals surface area contributed by atoms with Gasteiger partial charge in [0.25, 0.3) is 0 Å². The highest BCUT2D eigenvalue weighted by molar-refractivity contribution is 7.47. The van der Waals surface area contributed by atoms with E-state index in [-0.39, 0.29) is 25.7 Å². The molecule has 3 N–H and O–H groups in total. The third kappa shape index (κ3) is 70.9. The summed E-state index contributed by atoms with van der Waals surface area (Å²) in [5, 5.41) is 10.6. The van der Waals surface area contributed by atoms with Crippen molar-refractivity contribution in [1.82, 2.24) is 0 Å². The van der Waals surface area contributed by atoms with Crippen LogP contribution in [0.3, 0.4) is 0 Å². The van der Waals surface area contributed by atoms with Gasteiger partial charge in [0.1, 0.15) is 19.3 Å². The first-order chi connectivity index (χ1) is 46.8. The first-order valence-electron chi connectivity index (χ1n) is 40.4. The molecule has 0 radical (unpaired) electrons. The fraction of sp³-hybridized carbons (Fsp3) is 0.949. The summed E-state index contributed by atoms with van der Waals surface area (Å²) in [6.45, 7) is 11.9. The van der Waals surface area contributed by atoms with Crippen LogP contribution in [-0.2, 0) is 65.4 Å². The standard InChI is InChI=1S/C78H152O17P2/c1-8-10-11-42-52-59-75(80)88-65-73(94-77(82)62-55-48-41-35-29-28-32-38-45-51-58-71(7)9-2)67-92-96(84,85)90-63-72(79)64-91-97(86,87)93-68-74(66-89-76(81)60-53-46-39-33-26-22-19-18-21-25-31-37-44-50-57-70(5)6)95-78(83)61-54-47-40-34-27-23-17-15-13-12-14-16-20-24-30-36-43-49-56-69(3)4/h69-74,79H,8-68H2,1-7H3,(H,84,85)(H,86,87)/t71?,72-,73+,74+/m0/s1. The number of aliphatic hydroxyl groups is 1. The number of hydrogen-bond donors (Lipinski definition) is 3. The van der Waals surface area contributed by atoms with Crippen LogP contribution in [0.15, 0.2) is 0 Å². The lowest BCUT2D eigenvalue weighted by Gasteiger charge is -2.21. The van der Waals surface area contributed by atoms with E-state index in [9.17, 15) is 43.2 Å². The van der Waals surface area contributed by atoms with Crippen LogP contribution < -0.4 is 0 Å². The Morgan fingerprint density at radius 1 is 0.299 bits per heavy atom. The molecule has 97 heavy (non-hydrogen) atoms. The van der Waals surface area contributed by atoms with E-state index < -0.39 is 97.5 Å². The molecule has 0 spiro atoms. The molecule has 0 aliphatic carbocycles. The lowest BCUT2D eigenvalue weighted by molar-refractivity contribution is -0.161. The molecular weight excluding hydrogens is 1270 g/mol. The molecule has 0 fully saturated rings. The number of carbonyl (C=O) groups is 4. The van der Waals surface area contributed by atoms with E-state index in [0.717, 1.165) is 114 Å². The van der Waals surface area contributed by atoms with Crippen molar-refractivity contribution in [1.29, 1.82) is 0 Å². The van der Waals surface area contributed by atoms with Gasteiger partial charge < -0.3 is 33.8 Å². The van der Waals surface area contributed by atoms with Crippen molar-refractivity contribution in [3.05, 3.63) is 0 Å². The van der Waals surface area contributed by atoms with E-state index in [1.807, 2.05) is 0 Å². The smallest absolute Gasteiger partial charge is 0.462 e. The van der Waals surface area contributed by atoms with E-state index in [1.54, 1.807) is 0 Å². The van der Waals surface area contributed by atoms with Crippen LogP contribution in [0.2, 0.25) is 0 Å². The summed E-state index contributed by atoms with van der Waals surface area (Å²) in [4.78, 5) is 72.6. The molecule has 0 heterocycles. The molecule has 0 aliphatic heterocycles. The van der Waals surface area contributed by atoms with Gasteiger partial charge in [-0.25, -0.2) is 9.13 Å². The summed E-state index contributed by atoms with van der Waals surface area (Å²) >= 11 is 0. The number of phosphoric ester groups is 2. The van der Waals surface area contributed by atoms with Crippen LogP contribution in [0.4, 0.5) is 0 Å². The molecule has 0 aromatic rings. The molecule has 0 aliphatic rings. The minimum absolute atomic E-state index is 0.105. The lowest BCUT2D eigenvalue weighted by atomic mass is 9.99. The van der Waals surface area contributed by atoms with Crippen molar-refractivity contribution in [2.45, 2.75) is 420 Å². The quantitative estimate of drug-likeness (QED) is 0.0222. The molecule has 0 rings (SSSR count). The molecule has 0 bridgehead atoms. The van der Waals surface area contributed by atoms with Gasteiger partial charge in [0.2, 0.25) is 0 Å². The van der Waals surface area contributed by atoms with Crippen LogP contribution in [0, 0.1) is 17.8 Å². The number of phosphoric acid groups is 2. The van der Waals surface area contributed by atoms with Gasteiger partial charge in [-0.15, -0.1) is 0 Å². The normalized spacial score (nSPS) is 14.3. The van der Waals surface area contributed by atoms with Crippen LogP contribution in [0.25, 0.3) is 0 Å². The van der Waals surface area contributed by atoms with Gasteiger partial charge in [0.05, 0.1) is 26.4 Å². The molecule has 0 aromatic carbocycles. The predicted octanol–water partition coefficient (Wildman–Crippen LogP) is 23.0. The van der Waals surface area contributed by atoms with Crippen molar-refractivity contribution >= 4 is 39.5 Å². The van der Waals surface area contributed by atoms with Gasteiger partial charge in [-0.05, 0) is 43.4 Å². The van der Waals surface area contributed by atoms with E-state index in [0.29, 0.717) is 25.7 Å². The monoisotopic (exact) mass is 1420 g/mol. The Morgan fingerprint density at radius 2 is 0.526 bits per heavy atom. The molecule has 0 saturated heterocycles. The van der Waals surface area contributed by atoms with Gasteiger partial charge in [-0.2, -0.15) is 0 Å². The van der Waals surface area contributed by atoms with Crippen molar-refractivity contribution in [3.8, 4) is 0 Å². The minimum atomic E-state index is -4.96. The number of rotatable bonds is 76. The minimum Gasteiger partial charge on any atom is -0.462 e. The summed E-state index contributed by atoms with van der Waals surface area (Å²) in [5.41, 5.74) is 0.